The van der Waals surface area contributed by atoms with Gasteiger partial charge in [0.25, 0.3) is 0 Å². The quantitative estimate of drug-likeness (QED) is 0.629. The summed E-state index contributed by atoms with van der Waals surface area (Å²) in [4.78, 5) is 13.1. The number of hydrogen-bond donors (Lipinski definition) is 0. The molecule has 1 aliphatic heterocycles. The maximum Gasteiger partial charge on any atom is 0.132 e. The van der Waals surface area contributed by atoms with Crippen LogP contribution in [0.25, 0.3) is 0 Å². The van der Waals surface area contributed by atoms with Crippen LogP contribution in [-0.2, 0) is 4.79 Å². The molecule has 0 amide bonds. The Hall–Kier alpha value is -0.0200. The zero-order valence-corrected chi connectivity index (χ0v) is 7.99. The minimum Gasteiger partial charge on any atom is -0.300 e. The van der Waals surface area contributed by atoms with Crippen molar-refractivity contribution in [2.45, 2.75) is 25.1 Å². The van der Waals surface area contributed by atoms with Crippen LogP contribution in [0.2, 0.25) is 0 Å². The number of rotatable bonds is 2. The molecular formula is C8H15NOS. The van der Waals surface area contributed by atoms with Crippen molar-refractivity contribution < 1.29 is 4.79 Å². The maximum absolute atomic E-state index is 10.8. The molecule has 2 nitrogen and oxygen atoms in total. The van der Waals surface area contributed by atoms with Crippen LogP contribution in [0.4, 0.5) is 0 Å². The second-order valence-electron chi connectivity index (χ2n) is 3.07. The smallest absolute Gasteiger partial charge is 0.132 e. The molecule has 1 heterocycles. The second-order valence-corrected chi connectivity index (χ2v) is 4.35. The summed E-state index contributed by atoms with van der Waals surface area (Å²) in [5.74, 6) is 1.51. The van der Waals surface area contributed by atoms with Crippen LogP contribution in [0, 0.1) is 0 Å². The van der Waals surface area contributed by atoms with Crippen molar-refractivity contribution >= 4 is 17.5 Å². The Morgan fingerprint density at radius 2 is 2.45 bits per heavy atom. The highest BCUT2D eigenvalue weighted by molar-refractivity contribution is 7.99. The molecule has 0 aromatic heterocycles. The summed E-state index contributed by atoms with van der Waals surface area (Å²) >= 11 is 1.90. The lowest BCUT2D eigenvalue weighted by Crippen LogP contribution is -2.35. The average Bonchev–Trinajstić information content (AvgIpc) is 1.93. The molecule has 1 aliphatic rings. The van der Waals surface area contributed by atoms with Crippen LogP contribution in [0.1, 0.15) is 19.8 Å². The van der Waals surface area contributed by atoms with Gasteiger partial charge in [-0.2, -0.15) is 0 Å². The van der Waals surface area contributed by atoms with Gasteiger partial charge in [-0.05, 0) is 32.7 Å². The Morgan fingerprint density at radius 3 is 3.00 bits per heavy atom. The lowest BCUT2D eigenvalue weighted by Gasteiger charge is -2.31. The van der Waals surface area contributed by atoms with Gasteiger partial charge in [-0.25, -0.2) is 0 Å². The molecule has 1 unspecified atom stereocenters. The standard InChI is InChI=1S/C8H15NOS/c1-7(10)6-8-9(2)4-3-5-11-8/h8H,3-6H2,1-2H3. The predicted octanol–water partition coefficient (Wildman–Crippen LogP) is 1.36. The van der Waals surface area contributed by atoms with E-state index in [1.165, 1.54) is 12.2 Å². The SMILES string of the molecule is CC(=O)CC1SCCCN1C. The molecular weight excluding hydrogens is 158 g/mol. The topological polar surface area (TPSA) is 20.3 Å². The summed E-state index contributed by atoms with van der Waals surface area (Å²) in [6.07, 6.45) is 1.97. The summed E-state index contributed by atoms with van der Waals surface area (Å²) in [6, 6.07) is 0. The van der Waals surface area contributed by atoms with Gasteiger partial charge in [-0.3, -0.25) is 9.69 Å². The Labute approximate surface area is 72.3 Å². The summed E-state index contributed by atoms with van der Waals surface area (Å²) in [7, 11) is 2.10. The first-order valence-corrected chi connectivity index (χ1v) is 5.06. The third kappa shape index (κ3) is 2.83. The first-order chi connectivity index (χ1) is 5.20. The van der Waals surface area contributed by atoms with E-state index in [-0.39, 0.29) is 0 Å². The van der Waals surface area contributed by atoms with Crippen molar-refractivity contribution in [2.75, 3.05) is 19.3 Å². The number of thioether (sulfide) groups is 1. The van der Waals surface area contributed by atoms with E-state index in [9.17, 15) is 4.79 Å². The van der Waals surface area contributed by atoms with Crippen LogP contribution in [0.15, 0.2) is 0 Å². The largest absolute Gasteiger partial charge is 0.300 e. The molecule has 1 fully saturated rings. The maximum atomic E-state index is 10.8. The molecule has 1 saturated heterocycles. The van der Waals surface area contributed by atoms with Crippen LogP contribution in [0.3, 0.4) is 0 Å². The molecule has 0 bridgehead atoms. The van der Waals surface area contributed by atoms with E-state index < -0.39 is 0 Å². The Bertz CT molecular complexity index is 149. The summed E-state index contributed by atoms with van der Waals surface area (Å²) < 4.78 is 0. The lowest BCUT2D eigenvalue weighted by atomic mass is 10.3. The number of carbonyl (C=O) groups is 1. The van der Waals surface area contributed by atoms with E-state index in [0.717, 1.165) is 6.54 Å². The molecule has 64 valence electrons. The fourth-order valence-corrected chi connectivity index (χ4v) is 2.55. The number of ketones is 1. The first kappa shape index (κ1) is 9.07. The summed E-state index contributed by atoms with van der Waals surface area (Å²) in [5.41, 5.74) is 0. The van der Waals surface area contributed by atoms with Gasteiger partial charge in [0.05, 0.1) is 5.37 Å². The molecule has 1 atom stereocenters. The Morgan fingerprint density at radius 1 is 1.73 bits per heavy atom. The average molecular weight is 173 g/mol. The van der Waals surface area contributed by atoms with Gasteiger partial charge in [-0.1, -0.05) is 0 Å². The molecule has 0 spiro atoms. The van der Waals surface area contributed by atoms with Crippen molar-refractivity contribution in [1.82, 2.24) is 4.90 Å². The van der Waals surface area contributed by atoms with Crippen molar-refractivity contribution in [3.63, 3.8) is 0 Å². The van der Waals surface area contributed by atoms with Crippen molar-refractivity contribution in [1.29, 1.82) is 0 Å². The highest BCUT2D eigenvalue weighted by Gasteiger charge is 2.20. The molecule has 0 N–H and O–H groups in total. The van der Waals surface area contributed by atoms with Crippen LogP contribution < -0.4 is 0 Å². The predicted molar refractivity (Wildman–Crippen MR) is 48.8 cm³/mol. The molecule has 0 aromatic rings. The van der Waals surface area contributed by atoms with Gasteiger partial charge in [0.2, 0.25) is 0 Å². The van der Waals surface area contributed by atoms with Crippen molar-refractivity contribution in [2.24, 2.45) is 0 Å². The first-order valence-electron chi connectivity index (χ1n) is 4.01. The monoisotopic (exact) mass is 173 g/mol. The fourth-order valence-electron chi connectivity index (χ4n) is 1.27. The summed E-state index contributed by atoms with van der Waals surface area (Å²) in [6.45, 7) is 2.81. The minimum atomic E-state index is 0.302. The molecule has 3 heteroatoms. The number of hydrogen-bond acceptors (Lipinski definition) is 3. The third-order valence-corrected chi connectivity index (χ3v) is 3.35. The van der Waals surface area contributed by atoms with Crippen molar-refractivity contribution in [3.05, 3.63) is 0 Å². The van der Waals surface area contributed by atoms with E-state index in [2.05, 4.69) is 11.9 Å². The van der Waals surface area contributed by atoms with E-state index in [1.54, 1.807) is 6.92 Å². The van der Waals surface area contributed by atoms with Gasteiger partial charge in [0, 0.05) is 6.42 Å². The lowest BCUT2D eigenvalue weighted by molar-refractivity contribution is -0.117. The van der Waals surface area contributed by atoms with Gasteiger partial charge in [0.15, 0.2) is 0 Å². The molecule has 0 radical (unpaired) electrons. The molecule has 0 saturated carbocycles. The zero-order chi connectivity index (χ0) is 8.27. The highest BCUT2D eigenvalue weighted by atomic mass is 32.2. The minimum absolute atomic E-state index is 0.302. The molecule has 1 rings (SSSR count). The number of nitrogens with zero attached hydrogens (tertiary/aromatic N) is 1. The molecule has 0 aromatic carbocycles. The third-order valence-electron chi connectivity index (χ3n) is 1.92. The van der Waals surface area contributed by atoms with Crippen LogP contribution in [0.5, 0.6) is 0 Å². The van der Waals surface area contributed by atoms with Gasteiger partial charge in [0.1, 0.15) is 5.78 Å². The van der Waals surface area contributed by atoms with Gasteiger partial charge < -0.3 is 0 Å². The Balaban J connectivity index is 2.35. The van der Waals surface area contributed by atoms with Crippen LogP contribution >= 0.6 is 11.8 Å². The van der Waals surface area contributed by atoms with E-state index in [0.29, 0.717) is 17.6 Å². The fraction of sp³-hybridized carbons (Fsp3) is 0.875. The number of carbonyl (C=O) groups excluding carboxylic acids is 1. The van der Waals surface area contributed by atoms with Crippen LogP contribution in [-0.4, -0.2) is 35.4 Å². The van der Waals surface area contributed by atoms with Gasteiger partial charge in [-0.15, -0.1) is 11.8 Å². The molecule has 0 aliphatic carbocycles. The van der Waals surface area contributed by atoms with Crippen molar-refractivity contribution in [3.8, 4) is 0 Å². The van der Waals surface area contributed by atoms with E-state index >= 15 is 0 Å². The normalized spacial score (nSPS) is 26.9. The highest BCUT2D eigenvalue weighted by Crippen LogP contribution is 2.23. The number of Topliss-reactive ketones (excluding diaryl/α,β-unsaturated/α-hetero) is 1. The molecule has 11 heavy (non-hydrogen) atoms. The summed E-state index contributed by atoms with van der Waals surface area (Å²) in [5, 5.41) is 0.446. The zero-order valence-electron chi connectivity index (χ0n) is 7.17. The van der Waals surface area contributed by atoms with E-state index in [4.69, 9.17) is 0 Å². The Kier molecular flexibility index (Phi) is 3.40. The van der Waals surface area contributed by atoms with Gasteiger partial charge >= 0.3 is 0 Å². The second kappa shape index (κ2) is 4.12. The van der Waals surface area contributed by atoms with E-state index in [1.807, 2.05) is 11.8 Å².